The third-order valence-electron chi connectivity index (χ3n) is 2.42. The maximum Gasteiger partial charge on any atom is 0.265 e. The third kappa shape index (κ3) is 3.49. The van der Waals surface area contributed by atoms with Crippen LogP contribution in [0.1, 0.15) is 0 Å². The normalized spacial score (nSPS) is 16.4. The van der Waals surface area contributed by atoms with E-state index in [2.05, 4.69) is 14.5 Å². The molecule has 19 heavy (non-hydrogen) atoms. The van der Waals surface area contributed by atoms with E-state index in [1.807, 2.05) is 0 Å². The summed E-state index contributed by atoms with van der Waals surface area (Å²) >= 11 is 0. The average Bonchev–Trinajstić information content (AvgIpc) is 2.71. The summed E-state index contributed by atoms with van der Waals surface area (Å²) in [6.45, 7) is -0.503. The molecule has 0 bridgehead atoms. The van der Waals surface area contributed by atoms with Crippen LogP contribution in [-0.4, -0.2) is 37.2 Å². The molecular formula is C9H12N4O5P-. The molecule has 2 aromatic rings. The lowest BCUT2D eigenvalue weighted by Crippen LogP contribution is -2.22. The van der Waals surface area contributed by atoms with Crippen LogP contribution in [0.2, 0.25) is 0 Å². The number of aliphatic hydroxyl groups is 1. The lowest BCUT2D eigenvalue weighted by Gasteiger charge is -2.18. The molecule has 104 valence electrons. The Hall–Kier alpha value is -1.51. The highest BCUT2D eigenvalue weighted by Gasteiger charge is 2.12. The number of nitrogens with zero attached hydrogens (tertiary/aromatic N) is 3. The van der Waals surface area contributed by atoms with Crippen LogP contribution in [0, 0.1) is 0 Å². The summed E-state index contributed by atoms with van der Waals surface area (Å²) in [5.41, 5.74) is 6.17. The number of phosphoric acid groups is 1. The lowest BCUT2D eigenvalue weighted by molar-refractivity contribution is -0.221. The molecule has 2 heterocycles. The maximum absolute atomic E-state index is 10.4. The van der Waals surface area contributed by atoms with Gasteiger partial charge >= 0.3 is 0 Å². The van der Waals surface area contributed by atoms with Crippen molar-refractivity contribution in [1.29, 1.82) is 0 Å². The summed E-state index contributed by atoms with van der Waals surface area (Å²) in [6, 6.07) is 1.68. The van der Waals surface area contributed by atoms with E-state index in [9.17, 15) is 14.6 Å². The predicted molar refractivity (Wildman–Crippen MR) is 63.7 cm³/mol. The van der Waals surface area contributed by atoms with E-state index in [4.69, 9.17) is 10.6 Å². The van der Waals surface area contributed by atoms with Gasteiger partial charge in [0.25, 0.3) is 7.82 Å². The molecule has 0 fully saturated rings. The molecular weight excluding hydrogens is 275 g/mol. The first-order chi connectivity index (χ1) is 8.87. The van der Waals surface area contributed by atoms with E-state index in [0.717, 1.165) is 0 Å². The summed E-state index contributed by atoms with van der Waals surface area (Å²) in [7, 11) is -4.83. The number of nitrogen functional groups attached to an aromatic ring is 1. The van der Waals surface area contributed by atoms with Gasteiger partial charge in [-0.15, -0.1) is 0 Å². The second-order valence-corrected chi connectivity index (χ2v) is 5.08. The number of rotatable bonds is 5. The minimum atomic E-state index is -4.83. The summed E-state index contributed by atoms with van der Waals surface area (Å²) < 4.78 is 16.1. The van der Waals surface area contributed by atoms with Gasteiger partial charge in [0, 0.05) is 6.20 Å². The van der Waals surface area contributed by atoms with Gasteiger partial charge in [0.15, 0.2) is 0 Å². The molecule has 2 aromatic heterocycles. The number of aliphatic hydroxyl groups excluding tert-OH is 1. The van der Waals surface area contributed by atoms with E-state index < -0.39 is 20.5 Å². The molecule has 0 radical (unpaired) electrons. The second kappa shape index (κ2) is 5.24. The van der Waals surface area contributed by atoms with E-state index in [-0.39, 0.29) is 6.54 Å². The molecule has 0 saturated carbocycles. The van der Waals surface area contributed by atoms with E-state index in [1.165, 1.54) is 6.33 Å². The molecule has 0 aromatic carbocycles. The molecule has 10 heteroatoms. The summed E-state index contributed by atoms with van der Waals surface area (Å²) in [6.07, 6.45) is 1.80. The Balaban J connectivity index is 2.09. The van der Waals surface area contributed by atoms with Crippen LogP contribution in [0.25, 0.3) is 11.0 Å². The number of anilines is 1. The number of aromatic nitrogens is 3. The largest absolute Gasteiger partial charge is 0.756 e. The zero-order chi connectivity index (χ0) is 14.0. The van der Waals surface area contributed by atoms with Crippen molar-refractivity contribution in [2.24, 2.45) is 0 Å². The molecule has 2 atom stereocenters. The molecule has 0 amide bonds. The number of hydrogen-bond donors (Lipinski definition) is 3. The Labute approximate surface area is 107 Å². The fourth-order valence-electron chi connectivity index (χ4n) is 1.63. The van der Waals surface area contributed by atoms with Crippen LogP contribution in [0.4, 0.5) is 5.82 Å². The Morgan fingerprint density at radius 3 is 3.00 bits per heavy atom. The van der Waals surface area contributed by atoms with Gasteiger partial charge in [-0.05, 0) is 6.07 Å². The Kier molecular flexibility index (Phi) is 3.83. The fraction of sp³-hybridized carbons (Fsp3) is 0.333. The summed E-state index contributed by atoms with van der Waals surface area (Å²) in [4.78, 5) is 26.7. The smallest absolute Gasteiger partial charge is 0.265 e. The molecule has 0 aliphatic heterocycles. The highest BCUT2D eigenvalue weighted by molar-refractivity contribution is 7.44. The van der Waals surface area contributed by atoms with Gasteiger partial charge in [0.2, 0.25) is 0 Å². The zero-order valence-corrected chi connectivity index (χ0v) is 10.6. The van der Waals surface area contributed by atoms with Crippen molar-refractivity contribution >= 4 is 24.7 Å². The first kappa shape index (κ1) is 13.9. The predicted octanol–water partition coefficient (Wildman–Crippen LogP) is -1.15. The Bertz CT molecular complexity index is 624. The lowest BCUT2D eigenvalue weighted by atomic mass is 10.3. The van der Waals surface area contributed by atoms with Crippen molar-refractivity contribution < 1.29 is 24.0 Å². The highest BCUT2D eigenvalue weighted by atomic mass is 31.2. The van der Waals surface area contributed by atoms with E-state index in [1.54, 1.807) is 16.8 Å². The quantitative estimate of drug-likeness (QED) is 0.584. The van der Waals surface area contributed by atoms with Gasteiger partial charge in [0.1, 0.15) is 17.8 Å². The second-order valence-electron chi connectivity index (χ2n) is 3.88. The number of phosphoric ester groups is 1. The summed E-state index contributed by atoms with van der Waals surface area (Å²) in [5, 5.41) is 10.3. The minimum Gasteiger partial charge on any atom is -0.756 e. The van der Waals surface area contributed by atoms with Crippen LogP contribution in [0.15, 0.2) is 18.6 Å². The molecule has 0 spiro atoms. The van der Waals surface area contributed by atoms with Crippen molar-refractivity contribution in [2.45, 2.75) is 12.6 Å². The maximum atomic E-state index is 10.4. The molecule has 4 N–H and O–H groups in total. The van der Waals surface area contributed by atoms with Crippen molar-refractivity contribution in [3.05, 3.63) is 18.6 Å². The standard InChI is InChI=1S/C9H13N4O5P/c10-8-7-1-2-13(9(7)12-5-11-8)3-6(14)4-18-19(15,16)17/h1-2,5-6,14H,3-4H2,(H2,10,11,12)(H2,15,16,17)/p-1. The third-order valence-corrected chi connectivity index (χ3v) is 2.90. The molecule has 2 unspecified atom stereocenters. The molecule has 9 nitrogen and oxygen atoms in total. The monoisotopic (exact) mass is 287 g/mol. The fourth-order valence-corrected chi connectivity index (χ4v) is 1.99. The van der Waals surface area contributed by atoms with Crippen LogP contribution >= 0.6 is 7.82 Å². The van der Waals surface area contributed by atoms with Gasteiger partial charge in [-0.3, -0.25) is 4.57 Å². The number of nitrogens with two attached hydrogens (primary N) is 1. The topological polar surface area (TPSA) is 147 Å². The first-order valence-corrected chi connectivity index (χ1v) is 6.78. The first-order valence-electron chi connectivity index (χ1n) is 5.28. The van der Waals surface area contributed by atoms with Crippen LogP contribution in [-0.2, 0) is 15.6 Å². The van der Waals surface area contributed by atoms with E-state index in [0.29, 0.717) is 16.9 Å². The van der Waals surface area contributed by atoms with Crippen molar-refractivity contribution in [1.82, 2.24) is 14.5 Å². The SMILES string of the molecule is Nc1ncnc2c1ccn2CC(O)COP(=O)([O-])O. The highest BCUT2D eigenvalue weighted by Crippen LogP contribution is 2.30. The molecule has 2 rings (SSSR count). The van der Waals surface area contributed by atoms with Crippen LogP contribution in [0.3, 0.4) is 0 Å². The minimum absolute atomic E-state index is 0.0416. The van der Waals surface area contributed by atoms with Gasteiger partial charge in [-0.25, -0.2) is 9.97 Å². The van der Waals surface area contributed by atoms with E-state index >= 15 is 0 Å². The molecule has 0 saturated heterocycles. The number of fused-ring (bicyclic) bond motifs is 1. The van der Waals surface area contributed by atoms with Crippen molar-refractivity contribution in [3.8, 4) is 0 Å². The van der Waals surface area contributed by atoms with Gasteiger partial charge in [-0.2, -0.15) is 0 Å². The molecule has 0 aliphatic rings. The van der Waals surface area contributed by atoms with Crippen molar-refractivity contribution in [3.63, 3.8) is 0 Å². The average molecular weight is 287 g/mol. The Morgan fingerprint density at radius 1 is 1.58 bits per heavy atom. The van der Waals surface area contributed by atoms with Crippen LogP contribution < -0.4 is 10.6 Å². The van der Waals surface area contributed by atoms with Gasteiger partial charge in [0.05, 0.1) is 24.6 Å². The summed E-state index contributed by atoms with van der Waals surface area (Å²) in [5.74, 6) is 0.314. The van der Waals surface area contributed by atoms with Gasteiger partial charge in [-0.1, -0.05) is 0 Å². The number of hydrogen-bond acceptors (Lipinski definition) is 7. The zero-order valence-electron chi connectivity index (χ0n) is 9.71. The Morgan fingerprint density at radius 2 is 2.32 bits per heavy atom. The van der Waals surface area contributed by atoms with Crippen molar-refractivity contribution in [2.75, 3.05) is 12.3 Å². The van der Waals surface area contributed by atoms with Crippen LogP contribution in [0.5, 0.6) is 0 Å². The van der Waals surface area contributed by atoms with Gasteiger partial charge < -0.3 is 29.7 Å². The molecule has 0 aliphatic carbocycles.